The average Bonchev–Trinajstić information content (AvgIpc) is 3.22. The van der Waals surface area contributed by atoms with Crippen LogP contribution >= 0.6 is 20.2 Å². The average molecular weight is 967 g/mol. The summed E-state index contributed by atoms with van der Waals surface area (Å²) in [4.78, 5) is 0. The van der Waals surface area contributed by atoms with E-state index in [4.69, 9.17) is 12.0 Å². The van der Waals surface area contributed by atoms with E-state index >= 15 is 0 Å². The van der Waals surface area contributed by atoms with E-state index in [1.807, 2.05) is 0 Å². The van der Waals surface area contributed by atoms with E-state index in [9.17, 15) is 21.6 Å². The molecule has 0 aliphatic carbocycles. The summed E-state index contributed by atoms with van der Waals surface area (Å²) in [5.41, 5.74) is -5.51. The van der Waals surface area contributed by atoms with Crippen LogP contribution in [0.4, 0.5) is 13.2 Å². The van der Waals surface area contributed by atoms with Crippen molar-refractivity contribution in [3.8, 4) is 11.5 Å². The molecule has 342 valence electrons. The first-order chi connectivity index (χ1) is 28.7. The van der Waals surface area contributed by atoms with Gasteiger partial charge in [-0.1, -0.05) is 142 Å². The zero-order chi connectivity index (χ0) is 42.7. The summed E-state index contributed by atoms with van der Waals surface area (Å²) in [6.07, 6.45) is 41.5. The van der Waals surface area contributed by atoms with Crippen LogP contribution in [0, 0.1) is 7.14 Å². The summed E-state index contributed by atoms with van der Waals surface area (Å²) in [6, 6.07) is 13.2. The molecule has 59 heavy (non-hydrogen) atoms. The first-order valence-electron chi connectivity index (χ1n) is 23.8. The third-order valence-corrected chi connectivity index (χ3v) is 18.0. The molecule has 0 fully saturated rings. The van der Waals surface area contributed by atoms with Gasteiger partial charge in [-0.3, -0.25) is 0 Å². The quantitative estimate of drug-likeness (QED) is 0.0378. The summed E-state index contributed by atoms with van der Waals surface area (Å²) in [5.74, 6) is 1.20. The van der Waals surface area contributed by atoms with E-state index in [0.29, 0.717) is 31.9 Å². The second-order valence-electron chi connectivity index (χ2n) is 16.4. The van der Waals surface area contributed by atoms with Crippen LogP contribution in [0.25, 0.3) is 0 Å². The van der Waals surface area contributed by atoms with Gasteiger partial charge in [0, 0.05) is 0 Å². The molecule has 0 aromatic heterocycles. The molecule has 2 aromatic carbocycles. The molecule has 0 N–H and O–H groups in total. The topological polar surface area (TPSA) is 61.8 Å². The van der Waals surface area contributed by atoms with Crippen molar-refractivity contribution in [1.82, 2.24) is 0 Å². The van der Waals surface area contributed by atoms with Gasteiger partial charge in [0.05, 0.1) is 0 Å². The molecular weight excluding hydrogens is 884 g/mol. The number of alkyl halides is 3. The maximum atomic E-state index is 13.4. The van der Waals surface area contributed by atoms with Gasteiger partial charge in [0.2, 0.25) is 0 Å². The van der Waals surface area contributed by atoms with Crippen molar-refractivity contribution < 1.29 is 33.6 Å². The number of ether oxygens (including phenoxy) is 2. The molecule has 0 saturated carbocycles. The molecule has 0 aliphatic rings. The Morgan fingerprint density at radius 2 is 0.644 bits per heavy atom. The fraction of sp³-hybridized carbons (Fsp3) is 0.755. The minimum absolute atomic E-state index is 0.429. The molecule has 0 spiro atoms. The van der Waals surface area contributed by atoms with Crippen molar-refractivity contribution >= 4 is 30.4 Å². The van der Waals surface area contributed by atoms with Gasteiger partial charge in [-0.05, 0) is 0 Å². The van der Waals surface area contributed by atoms with Crippen LogP contribution < -0.4 is 9.47 Å². The van der Waals surface area contributed by atoms with Crippen molar-refractivity contribution in [3.63, 3.8) is 0 Å². The summed E-state index contributed by atoms with van der Waals surface area (Å²) in [5, 5.41) is 0. The van der Waals surface area contributed by atoms with E-state index in [0.717, 1.165) is 25.7 Å². The molecular formula is C49H82F3IO5S. The molecule has 2 aromatic rings. The number of benzene rings is 2. The van der Waals surface area contributed by atoms with Crippen molar-refractivity contribution in [1.29, 1.82) is 0 Å². The van der Waals surface area contributed by atoms with Crippen molar-refractivity contribution in [3.05, 3.63) is 55.7 Å². The van der Waals surface area contributed by atoms with E-state index < -0.39 is 35.9 Å². The zero-order valence-corrected chi connectivity index (χ0v) is 40.1. The Balaban J connectivity index is 1.65. The van der Waals surface area contributed by atoms with E-state index in [-0.39, 0.29) is 0 Å². The van der Waals surface area contributed by atoms with E-state index in [1.54, 1.807) is 48.5 Å². The predicted molar refractivity (Wildman–Crippen MR) is 250 cm³/mol. The Bertz CT molecular complexity index is 1270. The monoisotopic (exact) mass is 966 g/mol. The van der Waals surface area contributed by atoms with Crippen LogP contribution in [0.1, 0.15) is 219 Å². The fourth-order valence-corrected chi connectivity index (χ4v) is 13.7. The molecule has 0 bridgehead atoms. The second-order valence-corrected chi connectivity index (χ2v) is 22.9. The van der Waals surface area contributed by atoms with Crippen LogP contribution in [0.5, 0.6) is 11.5 Å². The third kappa shape index (κ3) is 27.2. The normalized spacial score (nSPS) is 12.3. The Hall–Kier alpha value is -1.53. The van der Waals surface area contributed by atoms with Gasteiger partial charge in [-0.15, -0.1) is 0 Å². The Kier molecular flexibility index (Phi) is 31.8. The van der Waals surface area contributed by atoms with Gasteiger partial charge in [0.25, 0.3) is 0 Å². The summed E-state index contributed by atoms with van der Waals surface area (Å²) < 4.78 is 82.2. The SMILES string of the molecule is CCCCCCCCCCCCCCCCCCOc1ccc(I(OS(=O)(=O)C(F)(F)F)c2ccc(OCCCCCCCCCCCCCCCCCC)cc2)cc1. The molecule has 0 aliphatic heterocycles. The Labute approximate surface area is 367 Å². The van der Waals surface area contributed by atoms with Crippen LogP contribution in [-0.2, 0) is 12.6 Å². The van der Waals surface area contributed by atoms with Crippen molar-refractivity contribution in [2.75, 3.05) is 13.2 Å². The Morgan fingerprint density at radius 1 is 0.407 bits per heavy atom. The first kappa shape index (κ1) is 53.6. The standard InChI is InChI=1S/C49H82F3IO5S/c1-3-5-7-9-11-13-15-17-19-21-23-25-27-29-31-33-43-56-47-39-35-45(36-40-47)53(58-59(54,55)49(50,51)52)46-37-41-48(42-38-46)57-44-34-32-30-28-26-24-22-20-18-16-14-12-10-8-6-4-2/h35-42H,3-34,43-44H2,1-2H3. The maximum absolute atomic E-state index is 13.4. The number of hydrogen-bond acceptors (Lipinski definition) is 5. The van der Waals surface area contributed by atoms with Gasteiger partial charge in [0.15, 0.2) is 0 Å². The zero-order valence-electron chi connectivity index (χ0n) is 37.1. The molecule has 0 saturated heterocycles. The van der Waals surface area contributed by atoms with Gasteiger partial charge in [-0.2, -0.15) is 0 Å². The summed E-state index contributed by atoms with van der Waals surface area (Å²) in [7, 11) is -5.79. The van der Waals surface area contributed by atoms with Gasteiger partial charge in [-0.25, -0.2) is 0 Å². The molecule has 0 atom stereocenters. The molecule has 2 rings (SSSR count). The van der Waals surface area contributed by atoms with Crippen molar-refractivity contribution in [2.45, 2.75) is 225 Å². The predicted octanol–water partition coefficient (Wildman–Crippen LogP) is 17.3. The molecule has 0 heterocycles. The van der Waals surface area contributed by atoms with Crippen LogP contribution in [0.3, 0.4) is 0 Å². The molecule has 0 radical (unpaired) electrons. The van der Waals surface area contributed by atoms with Gasteiger partial charge < -0.3 is 0 Å². The van der Waals surface area contributed by atoms with Crippen LogP contribution in [0.15, 0.2) is 48.5 Å². The number of rotatable bonds is 40. The van der Waals surface area contributed by atoms with E-state index in [1.165, 1.54) is 180 Å². The number of unbranched alkanes of at least 4 members (excludes halogenated alkanes) is 30. The number of halogens is 4. The molecule has 10 heteroatoms. The number of hydrogen-bond donors (Lipinski definition) is 0. The van der Waals surface area contributed by atoms with Gasteiger partial charge >= 0.3 is 227 Å². The summed E-state index contributed by atoms with van der Waals surface area (Å²) >= 11 is -3.50. The third-order valence-electron chi connectivity index (χ3n) is 11.0. The molecule has 0 unspecified atom stereocenters. The summed E-state index contributed by atoms with van der Waals surface area (Å²) in [6.45, 7) is 5.64. The molecule has 5 nitrogen and oxygen atoms in total. The Morgan fingerprint density at radius 3 is 0.881 bits per heavy atom. The first-order valence-corrected chi connectivity index (χ1v) is 28.3. The van der Waals surface area contributed by atoms with E-state index in [2.05, 4.69) is 13.8 Å². The van der Waals surface area contributed by atoms with Crippen LogP contribution in [-0.4, -0.2) is 27.1 Å². The fourth-order valence-electron chi connectivity index (χ4n) is 7.29. The van der Waals surface area contributed by atoms with Crippen LogP contribution in [0.2, 0.25) is 0 Å². The second kappa shape index (κ2) is 35.0. The van der Waals surface area contributed by atoms with Crippen molar-refractivity contribution in [2.24, 2.45) is 0 Å². The molecule has 0 amide bonds. The van der Waals surface area contributed by atoms with Gasteiger partial charge in [0.1, 0.15) is 0 Å². The minimum atomic E-state index is -5.79.